The average molecular weight is 235 g/mol. The Hall–Kier alpha value is -1.37. The normalized spacial score (nSPS) is 14.2. The molecular formula is C13H21N3O. The summed E-state index contributed by atoms with van der Waals surface area (Å²) in [5.74, 6) is 0.668. The molecule has 0 aliphatic carbocycles. The first kappa shape index (κ1) is 13.7. The van der Waals surface area contributed by atoms with E-state index in [-0.39, 0.29) is 11.3 Å². The number of nitriles is 1. The minimum absolute atomic E-state index is 0.0632. The number of nitrogens with zero attached hydrogens (tertiary/aromatic N) is 3. The first-order chi connectivity index (χ1) is 8.16. The summed E-state index contributed by atoms with van der Waals surface area (Å²) in [4.78, 5) is 0. The predicted molar refractivity (Wildman–Crippen MR) is 65.4 cm³/mol. The van der Waals surface area contributed by atoms with Crippen LogP contribution in [0.1, 0.15) is 71.1 Å². The van der Waals surface area contributed by atoms with Gasteiger partial charge in [-0.2, -0.15) is 5.26 Å². The third-order valence-corrected chi connectivity index (χ3v) is 3.40. The Morgan fingerprint density at radius 2 is 2.00 bits per heavy atom. The van der Waals surface area contributed by atoms with Crippen molar-refractivity contribution < 1.29 is 4.42 Å². The summed E-state index contributed by atoms with van der Waals surface area (Å²) < 4.78 is 5.36. The number of hydrogen-bond acceptors (Lipinski definition) is 4. The topological polar surface area (TPSA) is 62.7 Å². The van der Waals surface area contributed by atoms with E-state index in [0.29, 0.717) is 5.89 Å². The smallest absolute Gasteiger partial charge is 0.321 e. The molecule has 0 amide bonds. The summed E-state index contributed by atoms with van der Waals surface area (Å²) in [6.07, 6.45) is 6.91. The van der Waals surface area contributed by atoms with E-state index in [1.54, 1.807) is 0 Å². The van der Waals surface area contributed by atoms with Gasteiger partial charge >= 0.3 is 5.89 Å². The van der Waals surface area contributed by atoms with E-state index < -0.39 is 0 Å². The highest BCUT2D eigenvalue weighted by Crippen LogP contribution is 2.32. The molecule has 4 heteroatoms. The Bertz CT molecular complexity index is 380. The molecule has 0 fully saturated rings. The molecule has 0 saturated carbocycles. The van der Waals surface area contributed by atoms with E-state index in [0.717, 1.165) is 12.8 Å². The summed E-state index contributed by atoms with van der Waals surface area (Å²) in [5, 5.41) is 16.4. The first-order valence-corrected chi connectivity index (χ1v) is 6.40. The van der Waals surface area contributed by atoms with Crippen molar-refractivity contribution in [3.8, 4) is 6.07 Å². The molecule has 1 aromatic heterocycles. The van der Waals surface area contributed by atoms with Gasteiger partial charge in [-0.3, -0.25) is 0 Å². The molecule has 0 radical (unpaired) electrons. The molecule has 0 N–H and O–H groups in total. The molecule has 0 aliphatic rings. The van der Waals surface area contributed by atoms with Crippen LogP contribution in [0.5, 0.6) is 0 Å². The Morgan fingerprint density at radius 1 is 1.24 bits per heavy atom. The lowest BCUT2D eigenvalue weighted by atomic mass is 9.82. The zero-order valence-electron chi connectivity index (χ0n) is 11.0. The van der Waals surface area contributed by atoms with Crippen molar-refractivity contribution in [2.24, 2.45) is 0 Å². The van der Waals surface area contributed by atoms with Crippen LogP contribution >= 0.6 is 0 Å². The van der Waals surface area contributed by atoms with Crippen LogP contribution in [0.25, 0.3) is 0 Å². The lowest BCUT2D eigenvalue weighted by molar-refractivity contribution is 0.303. The Kier molecular flexibility index (Phi) is 5.14. The summed E-state index contributed by atoms with van der Waals surface area (Å²) in [5.41, 5.74) is -0.0875. The van der Waals surface area contributed by atoms with Gasteiger partial charge in [0, 0.05) is 5.41 Å². The highest BCUT2D eigenvalue weighted by molar-refractivity contribution is 5.07. The van der Waals surface area contributed by atoms with Crippen LogP contribution in [0.4, 0.5) is 0 Å². The molecule has 1 aromatic rings. The van der Waals surface area contributed by atoms with Gasteiger partial charge in [0.05, 0.1) is 0 Å². The van der Waals surface area contributed by atoms with E-state index in [9.17, 15) is 0 Å². The summed E-state index contributed by atoms with van der Waals surface area (Å²) in [6, 6.07) is 1.88. The number of rotatable bonds is 7. The van der Waals surface area contributed by atoms with Crippen molar-refractivity contribution >= 4 is 0 Å². The number of aromatic nitrogens is 2. The SMILES string of the molecule is CCCCCCC(C)(CC)c1nnc(C#N)o1. The molecular weight excluding hydrogens is 214 g/mol. The maximum absolute atomic E-state index is 8.69. The second-order valence-corrected chi connectivity index (χ2v) is 4.75. The van der Waals surface area contributed by atoms with Gasteiger partial charge in [-0.05, 0) is 12.8 Å². The fourth-order valence-corrected chi connectivity index (χ4v) is 1.89. The maximum Gasteiger partial charge on any atom is 0.321 e. The van der Waals surface area contributed by atoms with Crippen molar-refractivity contribution in [3.63, 3.8) is 0 Å². The minimum Gasteiger partial charge on any atom is -0.412 e. The van der Waals surface area contributed by atoms with Gasteiger partial charge in [-0.1, -0.05) is 51.6 Å². The fraction of sp³-hybridized carbons (Fsp3) is 0.769. The molecule has 0 aromatic carbocycles. The maximum atomic E-state index is 8.69. The van der Waals surface area contributed by atoms with Crippen LogP contribution in [-0.4, -0.2) is 10.2 Å². The Labute approximate surface area is 103 Å². The highest BCUT2D eigenvalue weighted by Gasteiger charge is 2.30. The largest absolute Gasteiger partial charge is 0.412 e. The molecule has 1 rings (SSSR count). The van der Waals surface area contributed by atoms with Gasteiger partial charge in [0.15, 0.2) is 6.07 Å². The average Bonchev–Trinajstić information content (AvgIpc) is 2.83. The van der Waals surface area contributed by atoms with E-state index in [4.69, 9.17) is 9.68 Å². The number of unbranched alkanes of at least 4 members (excludes halogenated alkanes) is 3. The molecule has 94 valence electrons. The molecule has 0 bridgehead atoms. The number of hydrogen-bond donors (Lipinski definition) is 0. The molecule has 4 nitrogen and oxygen atoms in total. The molecule has 1 unspecified atom stereocenters. The van der Waals surface area contributed by atoms with Gasteiger partial charge in [0.1, 0.15) is 0 Å². The van der Waals surface area contributed by atoms with Crippen LogP contribution in [-0.2, 0) is 5.41 Å². The lowest BCUT2D eigenvalue weighted by Gasteiger charge is -2.23. The second-order valence-electron chi connectivity index (χ2n) is 4.75. The molecule has 0 spiro atoms. The van der Waals surface area contributed by atoms with E-state index in [2.05, 4.69) is 31.0 Å². The van der Waals surface area contributed by atoms with Crippen molar-refractivity contribution in [2.45, 2.75) is 64.7 Å². The zero-order chi connectivity index (χ0) is 12.7. The summed E-state index contributed by atoms with van der Waals surface area (Å²) in [6.45, 7) is 6.46. The minimum atomic E-state index is -0.0875. The Morgan fingerprint density at radius 3 is 2.53 bits per heavy atom. The van der Waals surface area contributed by atoms with Gasteiger partial charge in [-0.25, -0.2) is 0 Å². The van der Waals surface area contributed by atoms with Crippen LogP contribution in [0.2, 0.25) is 0 Å². The van der Waals surface area contributed by atoms with Crippen molar-refractivity contribution in [3.05, 3.63) is 11.8 Å². The quantitative estimate of drug-likeness (QED) is 0.678. The van der Waals surface area contributed by atoms with Crippen molar-refractivity contribution in [1.82, 2.24) is 10.2 Å². The van der Waals surface area contributed by atoms with Crippen LogP contribution in [0.15, 0.2) is 4.42 Å². The molecule has 1 heterocycles. The van der Waals surface area contributed by atoms with Gasteiger partial charge in [0.25, 0.3) is 0 Å². The molecule has 17 heavy (non-hydrogen) atoms. The molecule has 0 saturated heterocycles. The van der Waals surface area contributed by atoms with Crippen molar-refractivity contribution in [1.29, 1.82) is 5.26 Å². The summed E-state index contributed by atoms with van der Waals surface area (Å²) in [7, 11) is 0. The van der Waals surface area contributed by atoms with Crippen molar-refractivity contribution in [2.75, 3.05) is 0 Å². The van der Waals surface area contributed by atoms with Crippen LogP contribution in [0, 0.1) is 11.3 Å². The molecule has 1 atom stereocenters. The van der Waals surface area contributed by atoms with E-state index >= 15 is 0 Å². The van der Waals surface area contributed by atoms with E-state index in [1.807, 2.05) is 6.07 Å². The van der Waals surface area contributed by atoms with Crippen LogP contribution in [0.3, 0.4) is 0 Å². The van der Waals surface area contributed by atoms with Gasteiger partial charge < -0.3 is 4.42 Å². The second kappa shape index (κ2) is 6.39. The third-order valence-electron chi connectivity index (χ3n) is 3.40. The third kappa shape index (κ3) is 3.55. The lowest BCUT2D eigenvalue weighted by Crippen LogP contribution is -2.21. The highest BCUT2D eigenvalue weighted by atomic mass is 16.4. The monoisotopic (exact) mass is 235 g/mol. The fourth-order valence-electron chi connectivity index (χ4n) is 1.89. The van der Waals surface area contributed by atoms with E-state index in [1.165, 1.54) is 25.7 Å². The van der Waals surface area contributed by atoms with Gasteiger partial charge in [0.2, 0.25) is 5.89 Å². The Balaban J connectivity index is 2.64. The standard InChI is InChI=1S/C13H21N3O/c1-4-6-7-8-9-13(3,5-2)12-16-15-11(10-14)17-12/h4-9H2,1-3H3. The van der Waals surface area contributed by atoms with Gasteiger partial charge in [-0.15, -0.1) is 5.10 Å². The first-order valence-electron chi connectivity index (χ1n) is 6.40. The summed E-state index contributed by atoms with van der Waals surface area (Å²) >= 11 is 0. The zero-order valence-corrected chi connectivity index (χ0v) is 11.0. The van der Waals surface area contributed by atoms with Crippen LogP contribution < -0.4 is 0 Å². The predicted octanol–water partition coefficient (Wildman–Crippen LogP) is 3.58. The molecule has 0 aliphatic heterocycles.